The lowest BCUT2D eigenvalue weighted by Crippen LogP contribution is -2.33. The van der Waals surface area contributed by atoms with E-state index in [4.69, 9.17) is 4.74 Å². The van der Waals surface area contributed by atoms with Crippen LogP contribution >= 0.6 is 0 Å². The lowest BCUT2D eigenvalue weighted by Gasteiger charge is -2.18. The van der Waals surface area contributed by atoms with Crippen LogP contribution < -0.4 is 10.1 Å². The molecule has 0 heterocycles. The molecule has 1 atom stereocenters. The van der Waals surface area contributed by atoms with Crippen LogP contribution in [0.5, 0.6) is 5.75 Å². The van der Waals surface area contributed by atoms with Crippen LogP contribution in [0.4, 0.5) is 18.9 Å². The quantitative estimate of drug-likeness (QED) is 0.565. The number of hydrogen-bond acceptors (Lipinski definition) is 5. The molecule has 0 bridgehead atoms. The zero-order valence-corrected chi connectivity index (χ0v) is 13.8. The van der Waals surface area contributed by atoms with Crippen molar-refractivity contribution in [3.63, 3.8) is 0 Å². The molecule has 1 amide bonds. The molecule has 0 saturated heterocycles. The van der Waals surface area contributed by atoms with Crippen molar-refractivity contribution < 1.29 is 32.7 Å². The van der Waals surface area contributed by atoms with E-state index in [1.54, 1.807) is 0 Å². The van der Waals surface area contributed by atoms with Gasteiger partial charge in [0.15, 0.2) is 6.61 Å². The molecule has 0 aliphatic heterocycles. The fourth-order valence-electron chi connectivity index (χ4n) is 2.23. The SMILES string of the molecule is O=C(COc1ccc([N+](=O)[O-])cc1)NCC(O)c1ccccc1C(F)(F)F. The third-order valence-corrected chi connectivity index (χ3v) is 3.54. The Morgan fingerprint density at radius 2 is 1.81 bits per heavy atom. The molecule has 0 spiro atoms. The molecule has 0 aliphatic carbocycles. The van der Waals surface area contributed by atoms with E-state index in [0.29, 0.717) is 0 Å². The van der Waals surface area contributed by atoms with Crippen LogP contribution in [0.1, 0.15) is 17.2 Å². The number of nitrogens with one attached hydrogen (secondary N) is 1. The number of nitro groups is 1. The second-order valence-corrected chi connectivity index (χ2v) is 5.44. The fraction of sp³-hybridized carbons (Fsp3) is 0.235. The highest BCUT2D eigenvalue weighted by Crippen LogP contribution is 2.34. The van der Waals surface area contributed by atoms with Crippen LogP contribution in [0.15, 0.2) is 48.5 Å². The minimum atomic E-state index is -4.62. The molecule has 7 nitrogen and oxygen atoms in total. The number of halogens is 3. The highest BCUT2D eigenvalue weighted by molar-refractivity contribution is 5.77. The number of carbonyl (C=O) groups is 1. The molecule has 2 aromatic rings. The first-order valence-corrected chi connectivity index (χ1v) is 7.66. The topological polar surface area (TPSA) is 102 Å². The molecule has 0 fully saturated rings. The number of aliphatic hydroxyl groups excluding tert-OH is 1. The summed E-state index contributed by atoms with van der Waals surface area (Å²) in [6, 6.07) is 9.55. The normalized spacial score (nSPS) is 12.3. The maximum atomic E-state index is 12.9. The molecule has 0 saturated carbocycles. The first-order chi connectivity index (χ1) is 12.7. The van der Waals surface area contributed by atoms with Crippen LogP contribution in [0.2, 0.25) is 0 Å². The van der Waals surface area contributed by atoms with Crippen LogP contribution in [0, 0.1) is 10.1 Å². The van der Waals surface area contributed by atoms with Gasteiger partial charge in [0.2, 0.25) is 0 Å². The Bertz CT molecular complexity index is 809. The first-order valence-electron chi connectivity index (χ1n) is 7.66. The van der Waals surface area contributed by atoms with Crippen molar-refractivity contribution in [1.82, 2.24) is 5.32 Å². The molecule has 2 rings (SSSR count). The summed E-state index contributed by atoms with van der Waals surface area (Å²) in [5.74, 6) is -0.462. The van der Waals surface area contributed by atoms with E-state index in [1.807, 2.05) is 0 Å². The summed E-state index contributed by atoms with van der Waals surface area (Å²) in [6.45, 7) is -0.902. The van der Waals surface area contributed by atoms with Crippen LogP contribution in [0.3, 0.4) is 0 Å². The van der Waals surface area contributed by atoms with Crippen molar-refractivity contribution in [2.75, 3.05) is 13.2 Å². The molecular formula is C17H15F3N2O5. The smallest absolute Gasteiger partial charge is 0.416 e. The Kier molecular flexibility index (Phi) is 6.35. The number of amides is 1. The third-order valence-electron chi connectivity index (χ3n) is 3.54. The van der Waals surface area contributed by atoms with E-state index >= 15 is 0 Å². The van der Waals surface area contributed by atoms with E-state index in [1.165, 1.54) is 36.4 Å². The van der Waals surface area contributed by atoms with Gasteiger partial charge in [-0.25, -0.2) is 0 Å². The summed E-state index contributed by atoms with van der Waals surface area (Å²) in [5.41, 5.74) is -1.46. The maximum absolute atomic E-state index is 12.9. The summed E-state index contributed by atoms with van der Waals surface area (Å²) in [5, 5.41) is 22.8. The summed E-state index contributed by atoms with van der Waals surface area (Å²) in [6.07, 6.45) is -6.17. The molecule has 2 N–H and O–H groups in total. The number of nitrogens with zero attached hydrogens (tertiary/aromatic N) is 1. The Morgan fingerprint density at radius 3 is 2.41 bits per heavy atom. The molecule has 144 valence electrons. The highest BCUT2D eigenvalue weighted by Gasteiger charge is 2.34. The van der Waals surface area contributed by atoms with Gasteiger partial charge in [-0.15, -0.1) is 0 Å². The lowest BCUT2D eigenvalue weighted by atomic mass is 10.0. The van der Waals surface area contributed by atoms with Gasteiger partial charge < -0.3 is 15.2 Å². The molecular weight excluding hydrogens is 369 g/mol. The number of alkyl halides is 3. The van der Waals surface area contributed by atoms with Gasteiger partial charge in [-0.1, -0.05) is 18.2 Å². The van der Waals surface area contributed by atoms with Crippen molar-refractivity contribution in [3.8, 4) is 5.75 Å². The Hall–Kier alpha value is -3.14. The number of rotatable bonds is 7. The average Bonchev–Trinajstić information content (AvgIpc) is 2.64. The number of ether oxygens (including phenoxy) is 1. The number of non-ortho nitro benzene ring substituents is 1. The molecule has 27 heavy (non-hydrogen) atoms. The summed E-state index contributed by atoms with van der Waals surface area (Å²) < 4.78 is 43.9. The summed E-state index contributed by atoms with van der Waals surface area (Å²) in [4.78, 5) is 21.7. The van der Waals surface area contributed by atoms with E-state index in [2.05, 4.69) is 5.32 Å². The van der Waals surface area contributed by atoms with E-state index in [-0.39, 0.29) is 17.0 Å². The van der Waals surface area contributed by atoms with Gasteiger partial charge >= 0.3 is 6.18 Å². The predicted octanol–water partition coefficient (Wildman–Crippen LogP) is 2.84. The zero-order valence-electron chi connectivity index (χ0n) is 13.8. The molecule has 2 aromatic carbocycles. The highest BCUT2D eigenvalue weighted by atomic mass is 19.4. The lowest BCUT2D eigenvalue weighted by molar-refractivity contribution is -0.384. The second kappa shape index (κ2) is 8.49. The van der Waals surface area contributed by atoms with Crippen molar-refractivity contribution in [2.45, 2.75) is 12.3 Å². The maximum Gasteiger partial charge on any atom is 0.416 e. The molecule has 10 heteroatoms. The molecule has 0 aliphatic rings. The Labute approximate surface area is 151 Å². The molecule has 1 unspecified atom stereocenters. The molecule has 0 radical (unpaired) electrons. The fourth-order valence-corrected chi connectivity index (χ4v) is 2.23. The minimum absolute atomic E-state index is 0.141. The average molecular weight is 384 g/mol. The van der Waals surface area contributed by atoms with Crippen molar-refractivity contribution in [2.24, 2.45) is 0 Å². The summed E-state index contributed by atoms with van der Waals surface area (Å²) >= 11 is 0. The minimum Gasteiger partial charge on any atom is -0.484 e. The van der Waals surface area contributed by atoms with Gasteiger partial charge in [0.1, 0.15) is 5.75 Å². The van der Waals surface area contributed by atoms with E-state index in [9.17, 15) is 33.2 Å². The van der Waals surface area contributed by atoms with Gasteiger partial charge in [-0.05, 0) is 23.8 Å². The molecule has 0 aromatic heterocycles. The van der Waals surface area contributed by atoms with Crippen LogP contribution in [0.25, 0.3) is 0 Å². The summed E-state index contributed by atoms with van der Waals surface area (Å²) in [7, 11) is 0. The van der Waals surface area contributed by atoms with Crippen molar-refractivity contribution in [3.05, 3.63) is 69.8 Å². The van der Waals surface area contributed by atoms with E-state index in [0.717, 1.165) is 12.1 Å². The Morgan fingerprint density at radius 1 is 1.19 bits per heavy atom. The third kappa shape index (κ3) is 5.68. The monoisotopic (exact) mass is 384 g/mol. The number of hydrogen-bond donors (Lipinski definition) is 2. The number of nitro benzene ring substituents is 1. The van der Waals surface area contributed by atoms with Gasteiger partial charge in [-0.2, -0.15) is 13.2 Å². The number of aliphatic hydroxyl groups is 1. The van der Waals surface area contributed by atoms with Gasteiger partial charge in [0.05, 0.1) is 16.6 Å². The Balaban J connectivity index is 1.88. The number of carbonyl (C=O) groups excluding carboxylic acids is 1. The van der Waals surface area contributed by atoms with Gasteiger partial charge in [-0.3, -0.25) is 14.9 Å². The van der Waals surface area contributed by atoms with Gasteiger partial charge in [0, 0.05) is 18.7 Å². The second-order valence-electron chi connectivity index (χ2n) is 5.44. The zero-order chi connectivity index (χ0) is 20.0. The van der Waals surface area contributed by atoms with Crippen LogP contribution in [-0.4, -0.2) is 29.1 Å². The largest absolute Gasteiger partial charge is 0.484 e. The van der Waals surface area contributed by atoms with Crippen LogP contribution in [-0.2, 0) is 11.0 Å². The first kappa shape index (κ1) is 20.2. The van der Waals surface area contributed by atoms with Crippen molar-refractivity contribution >= 4 is 11.6 Å². The standard InChI is InChI=1S/C17H15F3N2O5/c18-17(19,20)14-4-2-1-3-13(14)15(23)9-21-16(24)10-27-12-7-5-11(6-8-12)22(25)26/h1-8,15,23H,9-10H2,(H,21,24). The van der Waals surface area contributed by atoms with Gasteiger partial charge in [0.25, 0.3) is 11.6 Å². The van der Waals surface area contributed by atoms with E-state index < -0.39 is 41.8 Å². The van der Waals surface area contributed by atoms with Crippen molar-refractivity contribution in [1.29, 1.82) is 0 Å². The predicted molar refractivity (Wildman–Crippen MR) is 88.0 cm³/mol. The number of benzene rings is 2.